The Hall–Kier alpha value is -2.30. The molecule has 0 spiro atoms. The van der Waals surface area contributed by atoms with E-state index in [1.165, 1.54) is 6.07 Å². The van der Waals surface area contributed by atoms with Crippen LogP contribution in [-0.2, 0) is 12.8 Å². The van der Waals surface area contributed by atoms with Crippen molar-refractivity contribution in [3.05, 3.63) is 41.2 Å². The molecule has 1 aromatic heterocycles. The first-order chi connectivity index (χ1) is 9.06. The van der Waals surface area contributed by atoms with Crippen molar-refractivity contribution in [3.8, 4) is 5.69 Å². The predicted molar refractivity (Wildman–Crippen MR) is 73.7 cm³/mol. The molecule has 5 heteroatoms. The summed E-state index contributed by atoms with van der Waals surface area (Å²) in [6.45, 7) is 4.11. The Labute approximate surface area is 111 Å². The first kappa shape index (κ1) is 13.1. The molecular formula is C14H17N3O2. The van der Waals surface area contributed by atoms with Crippen molar-refractivity contribution in [2.75, 3.05) is 5.73 Å². The SMILES string of the molecule is CCc1cc(CC)n(-c2ccc(C(=O)O)c(N)c2)n1. The van der Waals surface area contributed by atoms with Crippen LogP contribution in [-0.4, -0.2) is 20.9 Å². The smallest absolute Gasteiger partial charge is 0.337 e. The number of anilines is 1. The zero-order valence-electron chi connectivity index (χ0n) is 11.1. The molecule has 3 N–H and O–H groups in total. The maximum atomic E-state index is 10.9. The number of aromatic carboxylic acids is 1. The second-order valence-electron chi connectivity index (χ2n) is 4.32. The molecule has 1 heterocycles. The van der Waals surface area contributed by atoms with Gasteiger partial charge in [-0.1, -0.05) is 13.8 Å². The summed E-state index contributed by atoms with van der Waals surface area (Å²) < 4.78 is 1.82. The van der Waals surface area contributed by atoms with Gasteiger partial charge in [-0.25, -0.2) is 9.48 Å². The standard InChI is InChI=1S/C14H17N3O2/c1-3-9-7-10(4-2)17(16-9)11-5-6-12(14(18)19)13(15)8-11/h5-8H,3-4,15H2,1-2H3,(H,18,19). The summed E-state index contributed by atoms with van der Waals surface area (Å²) in [6, 6.07) is 6.95. The van der Waals surface area contributed by atoms with E-state index in [4.69, 9.17) is 10.8 Å². The summed E-state index contributed by atoms with van der Waals surface area (Å²) in [5.41, 5.74) is 9.02. The van der Waals surface area contributed by atoms with E-state index < -0.39 is 5.97 Å². The lowest BCUT2D eigenvalue weighted by Gasteiger charge is -2.08. The largest absolute Gasteiger partial charge is 0.478 e. The normalized spacial score (nSPS) is 10.6. The lowest BCUT2D eigenvalue weighted by Crippen LogP contribution is -2.06. The monoisotopic (exact) mass is 259 g/mol. The fourth-order valence-electron chi connectivity index (χ4n) is 2.00. The molecule has 0 fully saturated rings. The van der Waals surface area contributed by atoms with Crippen LogP contribution in [0.4, 0.5) is 5.69 Å². The Kier molecular flexibility index (Phi) is 3.55. The van der Waals surface area contributed by atoms with E-state index in [9.17, 15) is 4.79 Å². The molecule has 100 valence electrons. The number of aryl methyl sites for hydroxylation is 2. The van der Waals surface area contributed by atoms with E-state index in [-0.39, 0.29) is 11.3 Å². The number of nitrogen functional groups attached to an aromatic ring is 1. The average Bonchev–Trinajstić information content (AvgIpc) is 2.81. The molecule has 0 aliphatic heterocycles. The zero-order chi connectivity index (χ0) is 14.0. The number of hydrogen-bond donors (Lipinski definition) is 2. The van der Waals surface area contributed by atoms with E-state index in [0.717, 1.165) is 29.9 Å². The number of nitrogens with zero attached hydrogens (tertiary/aromatic N) is 2. The Morgan fingerprint density at radius 2 is 2.05 bits per heavy atom. The first-order valence-corrected chi connectivity index (χ1v) is 6.27. The van der Waals surface area contributed by atoms with Gasteiger partial charge in [0, 0.05) is 11.4 Å². The molecule has 0 saturated carbocycles. The molecule has 0 atom stereocenters. The lowest BCUT2D eigenvalue weighted by molar-refractivity contribution is 0.0698. The summed E-state index contributed by atoms with van der Waals surface area (Å²) >= 11 is 0. The van der Waals surface area contributed by atoms with E-state index in [0.29, 0.717) is 0 Å². The van der Waals surface area contributed by atoms with Crippen molar-refractivity contribution in [1.82, 2.24) is 9.78 Å². The van der Waals surface area contributed by atoms with Gasteiger partial charge in [-0.3, -0.25) is 0 Å². The number of benzene rings is 1. The molecule has 2 rings (SSSR count). The minimum absolute atomic E-state index is 0.115. The Morgan fingerprint density at radius 3 is 2.58 bits per heavy atom. The van der Waals surface area contributed by atoms with Crippen molar-refractivity contribution in [2.24, 2.45) is 0 Å². The highest BCUT2D eigenvalue weighted by atomic mass is 16.4. The third-order valence-corrected chi connectivity index (χ3v) is 3.07. The van der Waals surface area contributed by atoms with Crippen LogP contribution in [0.2, 0.25) is 0 Å². The van der Waals surface area contributed by atoms with Gasteiger partial charge in [-0.2, -0.15) is 5.10 Å². The summed E-state index contributed by atoms with van der Waals surface area (Å²) in [5.74, 6) is -1.02. The van der Waals surface area contributed by atoms with E-state index in [1.807, 2.05) is 11.6 Å². The summed E-state index contributed by atoms with van der Waals surface area (Å²) in [7, 11) is 0. The van der Waals surface area contributed by atoms with Crippen LogP contribution in [0.15, 0.2) is 24.3 Å². The third kappa shape index (κ3) is 2.45. The van der Waals surface area contributed by atoms with Crippen LogP contribution in [0.3, 0.4) is 0 Å². The van der Waals surface area contributed by atoms with Gasteiger partial charge in [0.15, 0.2) is 0 Å². The van der Waals surface area contributed by atoms with Gasteiger partial charge >= 0.3 is 5.97 Å². The van der Waals surface area contributed by atoms with Gasteiger partial charge in [-0.05, 0) is 37.1 Å². The van der Waals surface area contributed by atoms with E-state index in [2.05, 4.69) is 18.1 Å². The van der Waals surface area contributed by atoms with Gasteiger partial charge in [0.2, 0.25) is 0 Å². The number of carboxylic acid groups (broad SMARTS) is 1. The van der Waals surface area contributed by atoms with Crippen LogP contribution >= 0.6 is 0 Å². The molecule has 0 bridgehead atoms. The van der Waals surface area contributed by atoms with Crippen molar-refractivity contribution in [2.45, 2.75) is 26.7 Å². The molecule has 1 aromatic carbocycles. The third-order valence-electron chi connectivity index (χ3n) is 3.07. The molecule has 0 aliphatic rings. The number of carbonyl (C=O) groups is 1. The van der Waals surface area contributed by atoms with Crippen LogP contribution in [0.5, 0.6) is 0 Å². The highest BCUT2D eigenvalue weighted by molar-refractivity contribution is 5.94. The fraction of sp³-hybridized carbons (Fsp3) is 0.286. The van der Waals surface area contributed by atoms with Gasteiger partial charge in [0.25, 0.3) is 0 Å². The fourth-order valence-corrected chi connectivity index (χ4v) is 2.00. The van der Waals surface area contributed by atoms with E-state index in [1.54, 1.807) is 12.1 Å². The molecule has 2 aromatic rings. The molecular weight excluding hydrogens is 242 g/mol. The van der Waals surface area contributed by atoms with Gasteiger partial charge in [0.1, 0.15) is 0 Å². The van der Waals surface area contributed by atoms with Crippen LogP contribution in [0.25, 0.3) is 5.69 Å². The molecule has 5 nitrogen and oxygen atoms in total. The number of hydrogen-bond acceptors (Lipinski definition) is 3. The summed E-state index contributed by atoms with van der Waals surface area (Å²) in [5, 5.41) is 13.5. The van der Waals surface area contributed by atoms with Crippen LogP contribution in [0.1, 0.15) is 35.6 Å². The van der Waals surface area contributed by atoms with Crippen molar-refractivity contribution < 1.29 is 9.90 Å². The number of aromatic nitrogens is 2. The zero-order valence-corrected chi connectivity index (χ0v) is 11.1. The Bertz CT molecular complexity index is 617. The Balaban J connectivity index is 2.50. The van der Waals surface area contributed by atoms with Crippen molar-refractivity contribution in [3.63, 3.8) is 0 Å². The quantitative estimate of drug-likeness (QED) is 0.825. The van der Waals surface area contributed by atoms with E-state index >= 15 is 0 Å². The maximum Gasteiger partial charge on any atom is 0.337 e. The number of carboxylic acids is 1. The highest BCUT2D eigenvalue weighted by Gasteiger charge is 2.11. The number of rotatable bonds is 4. The summed E-state index contributed by atoms with van der Waals surface area (Å²) in [4.78, 5) is 10.9. The Morgan fingerprint density at radius 1 is 1.32 bits per heavy atom. The number of nitrogens with two attached hydrogens (primary N) is 1. The average molecular weight is 259 g/mol. The first-order valence-electron chi connectivity index (χ1n) is 6.27. The predicted octanol–water partition coefficient (Wildman–Crippen LogP) is 2.28. The highest BCUT2D eigenvalue weighted by Crippen LogP contribution is 2.19. The molecule has 0 unspecified atom stereocenters. The molecule has 0 amide bonds. The van der Waals surface area contributed by atoms with Gasteiger partial charge < -0.3 is 10.8 Å². The second-order valence-corrected chi connectivity index (χ2v) is 4.32. The topological polar surface area (TPSA) is 81.1 Å². The van der Waals surface area contributed by atoms with Gasteiger partial charge in [-0.15, -0.1) is 0 Å². The van der Waals surface area contributed by atoms with Gasteiger partial charge in [0.05, 0.1) is 16.9 Å². The minimum Gasteiger partial charge on any atom is -0.478 e. The molecule has 19 heavy (non-hydrogen) atoms. The van der Waals surface area contributed by atoms with Crippen molar-refractivity contribution >= 4 is 11.7 Å². The second kappa shape index (κ2) is 5.14. The minimum atomic E-state index is -1.02. The molecule has 0 radical (unpaired) electrons. The van der Waals surface area contributed by atoms with Crippen LogP contribution < -0.4 is 5.73 Å². The van der Waals surface area contributed by atoms with Crippen molar-refractivity contribution in [1.29, 1.82) is 0 Å². The molecule has 0 saturated heterocycles. The lowest BCUT2D eigenvalue weighted by atomic mass is 10.1. The molecule has 0 aliphatic carbocycles. The van der Waals surface area contributed by atoms with Crippen LogP contribution in [0, 0.1) is 0 Å². The summed E-state index contributed by atoms with van der Waals surface area (Å²) in [6.07, 6.45) is 1.72. The maximum absolute atomic E-state index is 10.9.